The van der Waals surface area contributed by atoms with Crippen molar-refractivity contribution in [1.82, 2.24) is 34.0 Å². The van der Waals surface area contributed by atoms with Gasteiger partial charge in [0.1, 0.15) is 0 Å². The maximum Gasteiger partial charge on any atom is 0.256 e. The number of aromatic nitrogens is 6. The molecule has 11 nitrogen and oxygen atoms in total. The van der Waals surface area contributed by atoms with E-state index < -0.39 is 10.0 Å². The van der Waals surface area contributed by atoms with Gasteiger partial charge in [-0.15, -0.1) is 0 Å². The molecule has 2 aliphatic rings. The Kier molecular flexibility index (Phi) is 6.23. The molecule has 2 fully saturated rings. The maximum absolute atomic E-state index is 13.0. The molecule has 0 spiro atoms. The molecule has 1 aliphatic carbocycles. The van der Waals surface area contributed by atoms with Gasteiger partial charge in [-0.25, -0.2) is 18.4 Å². The molecule has 1 atom stereocenters. The van der Waals surface area contributed by atoms with Gasteiger partial charge in [0, 0.05) is 48.7 Å². The first kappa shape index (κ1) is 24.7. The lowest BCUT2D eigenvalue weighted by Crippen LogP contribution is -2.34. The molecule has 1 unspecified atom stereocenters. The Morgan fingerprint density at radius 3 is 2.74 bits per heavy atom. The first-order valence-corrected chi connectivity index (χ1v) is 14.3. The summed E-state index contributed by atoms with van der Waals surface area (Å²) in [5.41, 5.74) is 3.60. The van der Waals surface area contributed by atoms with Gasteiger partial charge >= 0.3 is 0 Å². The number of fused-ring (bicyclic) bond motifs is 1. The fourth-order valence-corrected chi connectivity index (χ4v) is 6.18. The van der Waals surface area contributed by atoms with E-state index in [4.69, 9.17) is 4.74 Å². The molecule has 1 aliphatic heterocycles. The van der Waals surface area contributed by atoms with Crippen molar-refractivity contribution in [2.24, 2.45) is 0 Å². The number of hydrogen-bond acceptors (Lipinski definition) is 8. The Hall–Kier alpha value is -3.64. The summed E-state index contributed by atoms with van der Waals surface area (Å²) in [6, 6.07) is 3.98. The molecule has 1 N–H and O–H groups in total. The molecular formula is C26H29N7O4S. The van der Waals surface area contributed by atoms with Crippen LogP contribution in [-0.2, 0) is 21.2 Å². The maximum atomic E-state index is 13.0. The standard InChI is InChI=1S/C26H29N7O4S/c1-16(2)32-14-23(26(34)31-19-6-8-37-15-19)22-12-28-20(10-24(22)32)9-18-5-7-27-25(30-18)17-11-29-33(13-17)38(35,36)21-3-4-21/h5,7,10-14,16,19,21H,3-4,6,8-9,15H2,1-2H3,(H,31,34). The molecule has 4 aromatic rings. The van der Waals surface area contributed by atoms with Gasteiger partial charge in [0.25, 0.3) is 15.9 Å². The summed E-state index contributed by atoms with van der Waals surface area (Å²) in [6.45, 7) is 5.35. The molecule has 1 saturated heterocycles. The molecule has 1 amide bonds. The summed E-state index contributed by atoms with van der Waals surface area (Å²) < 4.78 is 33.5. The molecule has 6 rings (SSSR count). The van der Waals surface area contributed by atoms with Crippen LogP contribution in [0, 0.1) is 0 Å². The van der Waals surface area contributed by atoms with Crippen molar-refractivity contribution in [1.29, 1.82) is 0 Å². The van der Waals surface area contributed by atoms with Gasteiger partial charge in [0.2, 0.25) is 0 Å². The number of carbonyl (C=O) groups excluding carboxylic acids is 1. The molecule has 1 saturated carbocycles. The third-order valence-electron chi connectivity index (χ3n) is 6.94. The fraction of sp³-hybridized carbons (Fsp3) is 0.423. The van der Waals surface area contributed by atoms with Crippen LogP contribution in [0.3, 0.4) is 0 Å². The van der Waals surface area contributed by atoms with Crippen molar-refractivity contribution >= 4 is 26.8 Å². The first-order valence-electron chi connectivity index (χ1n) is 12.8. The molecule has 38 heavy (non-hydrogen) atoms. The molecule has 0 aromatic carbocycles. The zero-order chi connectivity index (χ0) is 26.4. The molecule has 5 heterocycles. The van der Waals surface area contributed by atoms with Gasteiger partial charge in [-0.3, -0.25) is 9.78 Å². The third kappa shape index (κ3) is 4.69. The van der Waals surface area contributed by atoms with Crippen LogP contribution in [0.15, 0.2) is 43.1 Å². The summed E-state index contributed by atoms with van der Waals surface area (Å²) in [6.07, 6.45) is 10.8. The van der Waals surface area contributed by atoms with E-state index in [1.807, 2.05) is 18.3 Å². The van der Waals surface area contributed by atoms with Crippen LogP contribution in [0.2, 0.25) is 0 Å². The highest BCUT2D eigenvalue weighted by Gasteiger charge is 2.37. The van der Waals surface area contributed by atoms with Crippen LogP contribution in [0.5, 0.6) is 0 Å². The smallest absolute Gasteiger partial charge is 0.256 e. The van der Waals surface area contributed by atoms with Crippen LogP contribution in [-0.4, -0.2) is 67.5 Å². The second kappa shape index (κ2) is 9.59. The Bertz CT molecular complexity index is 1620. The van der Waals surface area contributed by atoms with Crippen LogP contribution >= 0.6 is 0 Å². The van der Waals surface area contributed by atoms with E-state index in [0.717, 1.165) is 32.8 Å². The molecule has 0 bridgehead atoms. The Morgan fingerprint density at radius 1 is 1.16 bits per heavy atom. The van der Waals surface area contributed by atoms with E-state index in [1.165, 1.54) is 12.4 Å². The summed E-state index contributed by atoms with van der Waals surface area (Å²) in [4.78, 5) is 26.6. The highest BCUT2D eigenvalue weighted by Crippen LogP contribution is 2.30. The lowest BCUT2D eigenvalue weighted by molar-refractivity contribution is 0.0931. The number of ether oxygens (including phenoxy) is 1. The molecule has 0 radical (unpaired) electrons. The normalized spacial score (nSPS) is 17.9. The zero-order valence-electron chi connectivity index (χ0n) is 21.2. The Morgan fingerprint density at radius 2 is 2.00 bits per heavy atom. The number of amides is 1. The average molecular weight is 536 g/mol. The summed E-state index contributed by atoms with van der Waals surface area (Å²) in [5.74, 6) is 0.283. The highest BCUT2D eigenvalue weighted by molar-refractivity contribution is 7.90. The fourth-order valence-electron chi connectivity index (χ4n) is 4.70. The van der Waals surface area contributed by atoms with Crippen LogP contribution in [0.1, 0.15) is 60.9 Å². The first-order chi connectivity index (χ1) is 18.3. The summed E-state index contributed by atoms with van der Waals surface area (Å²) >= 11 is 0. The monoisotopic (exact) mass is 535 g/mol. The van der Waals surface area contributed by atoms with Gasteiger partial charge < -0.3 is 14.6 Å². The van der Waals surface area contributed by atoms with E-state index in [1.54, 1.807) is 12.4 Å². The van der Waals surface area contributed by atoms with Gasteiger partial charge in [-0.05, 0) is 45.2 Å². The van der Waals surface area contributed by atoms with Crippen molar-refractivity contribution < 1.29 is 17.9 Å². The predicted octanol–water partition coefficient (Wildman–Crippen LogP) is 2.72. The lowest BCUT2D eigenvalue weighted by atomic mass is 10.1. The molecular weight excluding hydrogens is 506 g/mol. The van der Waals surface area contributed by atoms with Crippen molar-refractivity contribution in [3.63, 3.8) is 0 Å². The quantitative estimate of drug-likeness (QED) is 0.364. The number of hydrogen-bond donors (Lipinski definition) is 1. The third-order valence-corrected chi connectivity index (χ3v) is 8.98. The second-order valence-electron chi connectivity index (χ2n) is 10.2. The molecule has 4 aromatic heterocycles. The SMILES string of the molecule is CC(C)n1cc(C(=O)NC2CCOC2)c2cnc(Cc3ccnc(-c4cnn(S(=O)(=O)C5CC5)c4)n3)cc21. The van der Waals surface area contributed by atoms with Crippen LogP contribution in [0.25, 0.3) is 22.3 Å². The zero-order valence-corrected chi connectivity index (χ0v) is 22.1. The van der Waals surface area contributed by atoms with Crippen LogP contribution < -0.4 is 5.32 Å². The van der Waals surface area contributed by atoms with E-state index in [2.05, 4.69) is 43.8 Å². The van der Waals surface area contributed by atoms with Crippen molar-refractivity contribution in [3.8, 4) is 11.4 Å². The van der Waals surface area contributed by atoms with E-state index >= 15 is 0 Å². The summed E-state index contributed by atoms with van der Waals surface area (Å²) in [5, 5.41) is 7.56. The van der Waals surface area contributed by atoms with E-state index in [0.29, 0.717) is 49.4 Å². The predicted molar refractivity (Wildman–Crippen MR) is 140 cm³/mol. The molecule has 12 heteroatoms. The van der Waals surface area contributed by atoms with Gasteiger partial charge in [0.15, 0.2) is 5.82 Å². The van der Waals surface area contributed by atoms with Crippen molar-refractivity contribution in [3.05, 3.63) is 60.1 Å². The van der Waals surface area contributed by atoms with E-state index in [9.17, 15) is 13.2 Å². The summed E-state index contributed by atoms with van der Waals surface area (Å²) in [7, 11) is -3.45. The highest BCUT2D eigenvalue weighted by atomic mass is 32.2. The number of rotatable bonds is 8. The average Bonchev–Trinajstić information content (AvgIpc) is 3.28. The Balaban J connectivity index is 1.26. The Labute approximate surface area is 220 Å². The van der Waals surface area contributed by atoms with Gasteiger partial charge in [-0.2, -0.15) is 9.19 Å². The van der Waals surface area contributed by atoms with Crippen molar-refractivity contribution in [2.45, 2.75) is 56.9 Å². The van der Waals surface area contributed by atoms with E-state index in [-0.39, 0.29) is 23.2 Å². The topological polar surface area (TPSA) is 134 Å². The number of pyridine rings is 1. The minimum Gasteiger partial charge on any atom is -0.379 e. The van der Waals surface area contributed by atoms with Crippen molar-refractivity contribution in [2.75, 3.05) is 13.2 Å². The van der Waals surface area contributed by atoms with Gasteiger partial charge in [0.05, 0.1) is 52.6 Å². The molecule has 198 valence electrons. The minimum absolute atomic E-state index is 0.0278. The number of nitrogens with one attached hydrogen (secondary N) is 1. The lowest BCUT2D eigenvalue weighted by Gasteiger charge is -2.10. The number of nitrogens with zero attached hydrogens (tertiary/aromatic N) is 6. The second-order valence-corrected chi connectivity index (χ2v) is 12.2. The number of carbonyl (C=O) groups is 1. The van der Waals surface area contributed by atoms with Crippen LogP contribution in [0.4, 0.5) is 0 Å². The van der Waals surface area contributed by atoms with Gasteiger partial charge in [-0.1, -0.05) is 0 Å². The largest absolute Gasteiger partial charge is 0.379 e. The minimum atomic E-state index is -3.45.